The molecule has 2 aromatic rings. The molecule has 5 nitrogen and oxygen atoms in total. The molecule has 0 radical (unpaired) electrons. The van der Waals surface area contributed by atoms with Crippen molar-refractivity contribution in [2.75, 3.05) is 11.8 Å². The fourth-order valence-corrected chi connectivity index (χ4v) is 3.53. The van der Waals surface area contributed by atoms with Gasteiger partial charge in [0.2, 0.25) is 0 Å². The fourth-order valence-electron chi connectivity index (χ4n) is 2.27. The van der Waals surface area contributed by atoms with Gasteiger partial charge in [0.05, 0.1) is 7.11 Å². The highest BCUT2D eigenvalue weighted by atomic mass is 32.2. The number of carbonyl (C=O) groups is 1. The van der Waals surface area contributed by atoms with E-state index in [0.29, 0.717) is 11.3 Å². The van der Waals surface area contributed by atoms with Crippen LogP contribution in [0, 0.1) is 0 Å². The van der Waals surface area contributed by atoms with Gasteiger partial charge in [0, 0.05) is 11.3 Å². The molecule has 0 aliphatic rings. The summed E-state index contributed by atoms with van der Waals surface area (Å²) in [5, 5.41) is 0. The Kier molecular flexibility index (Phi) is 5.29. The number of hydrogen-bond acceptors (Lipinski definition) is 4. The molecule has 0 saturated heterocycles. The number of hydrogen-bond donors (Lipinski definition) is 1. The molecule has 0 bridgehead atoms. The molecule has 0 unspecified atom stereocenters. The van der Waals surface area contributed by atoms with Crippen molar-refractivity contribution < 1.29 is 17.9 Å². The van der Waals surface area contributed by atoms with E-state index >= 15 is 0 Å². The maximum Gasteiger partial charge on any atom is 0.265 e. The second-order valence-electron chi connectivity index (χ2n) is 5.81. The van der Waals surface area contributed by atoms with Crippen molar-refractivity contribution in [2.45, 2.75) is 31.6 Å². The Morgan fingerprint density at radius 3 is 2.42 bits per heavy atom. The third-order valence-electron chi connectivity index (χ3n) is 3.67. The number of ketones is 1. The van der Waals surface area contributed by atoms with Gasteiger partial charge in [-0.3, -0.25) is 9.52 Å². The Morgan fingerprint density at radius 2 is 1.83 bits per heavy atom. The Labute approximate surface area is 142 Å². The number of benzene rings is 2. The monoisotopic (exact) mass is 347 g/mol. The van der Waals surface area contributed by atoms with Gasteiger partial charge in [0.25, 0.3) is 10.0 Å². The molecular weight excluding hydrogens is 326 g/mol. The van der Waals surface area contributed by atoms with Crippen molar-refractivity contribution in [3.63, 3.8) is 0 Å². The first-order valence-electron chi connectivity index (χ1n) is 7.56. The molecule has 0 heterocycles. The second kappa shape index (κ2) is 7.05. The van der Waals surface area contributed by atoms with Gasteiger partial charge in [-0.25, -0.2) is 8.42 Å². The average Bonchev–Trinajstić information content (AvgIpc) is 2.53. The number of anilines is 1. The molecule has 0 amide bonds. The van der Waals surface area contributed by atoms with E-state index in [4.69, 9.17) is 4.74 Å². The Bertz CT molecular complexity index is 857. The molecule has 0 spiro atoms. The van der Waals surface area contributed by atoms with E-state index in [1.54, 1.807) is 30.3 Å². The van der Waals surface area contributed by atoms with Crippen LogP contribution in [-0.4, -0.2) is 21.3 Å². The minimum Gasteiger partial charge on any atom is -0.495 e. The molecule has 2 aromatic carbocycles. The highest BCUT2D eigenvalue weighted by Crippen LogP contribution is 2.29. The summed E-state index contributed by atoms with van der Waals surface area (Å²) in [7, 11) is -2.41. The number of Topliss-reactive ketones (excluding diaryl/α,β-unsaturated/α-hetero) is 1. The van der Waals surface area contributed by atoms with Gasteiger partial charge in [-0.15, -0.1) is 0 Å². The first-order valence-corrected chi connectivity index (χ1v) is 9.04. The van der Waals surface area contributed by atoms with Crippen LogP contribution in [0.4, 0.5) is 5.69 Å². The summed E-state index contributed by atoms with van der Waals surface area (Å²) < 4.78 is 33.2. The van der Waals surface area contributed by atoms with Crippen LogP contribution >= 0.6 is 0 Å². The molecule has 0 aliphatic heterocycles. The molecule has 6 heteroatoms. The largest absolute Gasteiger partial charge is 0.495 e. The zero-order valence-electron chi connectivity index (χ0n) is 14.2. The maximum absolute atomic E-state index is 12.8. The third kappa shape index (κ3) is 3.94. The van der Waals surface area contributed by atoms with E-state index < -0.39 is 10.0 Å². The first-order chi connectivity index (χ1) is 11.2. The lowest BCUT2D eigenvalue weighted by molar-refractivity contribution is 0.101. The summed E-state index contributed by atoms with van der Waals surface area (Å²) in [6, 6.07) is 11.5. The highest BCUT2D eigenvalue weighted by molar-refractivity contribution is 7.92. The Morgan fingerprint density at radius 1 is 1.12 bits per heavy atom. The van der Waals surface area contributed by atoms with E-state index in [2.05, 4.69) is 4.72 Å². The summed E-state index contributed by atoms with van der Waals surface area (Å²) in [5.41, 5.74) is 1.67. The molecule has 24 heavy (non-hydrogen) atoms. The lowest BCUT2D eigenvalue weighted by Crippen LogP contribution is -2.15. The van der Waals surface area contributed by atoms with Crippen LogP contribution in [-0.2, 0) is 10.0 Å². The summed E-state index contributed by atoms with van der Waals surface area (Å²) in [6.45, 7) is 5.41. The van der Waals surface area contributed by atoms with Gasteiger partial charge in [-0.05, 0) is 42.7 Å². The standard InChI is InChI=1S/C18H21NO4S/c1-12(2)14-8-9-17(23-4)18(11-14)24(21,22)19-16-7-5-6-15(10-16)13(3)20/h5-12,19H,1-4H3. The van der Waals surface area contributed by atoms with Crippen molar-refractivity contribution in [3.05, 3.63) is 53.6 Å². The van der Waals surface area contributed by atoms with Crippen LogP contribution in [0.1, 0.15) is 42.6 Å². The predicted molar refractivity (Wildman–Crippen MR) is 94.3 cm³/mol. The second-order valence-corrected chi connectivity index (χ2v) is 7.46. The predicted octanol–water partition coefficient (Wildman–Crippen LogP) is 3.82. The van der Waals surface area contributed by atoms with Crippen LogP contribution in [0.2, 0.25) is 0 Å². The van der Waals surface area contributed by atoms with Crippen LogP contribution in [0.15, 0.2) is 47.4 Å². The van der Waals surface area contributed by atoms with Gasteiger partial charge < -0.3 is 4.74 Å². The van der Waals surface area contributed by atoms with E-state index in [1.807, 2.05) is 19.9 Å². The van der Waals surface area contributed by atoms with Crippen molar-refractivity contribution in [1.82, 2.24) is 0 Å². The SMILES string of the molecule is COc1ccc(C(C)C)cc1S(=O)(=O)Nc1cccc(C(C)=O)c1. The number of methoxy groups -OCH3 is 1. The topological polar surface area (TPSA) is 72.5 Å². The first kappa shape index (κ1) is 18.0. The van der Waals surface area contributed by atoms with Crippen molar-refractivity contribution >= 4 is 21.5 Å². The van der Waals surface area contributed by atoms with Crippen molar-refractivity contribution in [3.8, 4) is 5.75 Å². The molecular formula is C18H21NO4S. The molecule has 2 rings (SSSR count). The van der Waals surface area contributed by atoms with Gasteiger partial charge in [-0.2, -0.15) is 0 Å². The smallest absolute Gasteiger partial charge is 0.265 e. The zero-order chi connectivity index (χ0) is 17.9. The zero-order valence-corrected chi connectivity index (χ0v) is 15.0. The van der Waals surface area contributed by atoms with E-state index in [9.17, 15) is 13.2 Å². The van der Waals surface area contributed by atoms with Gasteiger partial charge in [-0.1, -0.05) is 32.0 Å². The number of carbonyl (C=O) groups excluding carboxylic acids is 1. The summed E-state index contributed by atoms with van der Waals surface area (Å²) in [5.74, 6) is 0.330. The molecule has 0 aliphatic carbocycles. The minimum atomic E-state index is -3.84. The number of sulfonamides is 1. The average molecular weight is 347 g/mol. The maximum atomic E-state index is 12.8. The molecule has 0 aromatic heterocycles. The summed E-state index contributed by atoms with van der Waals surface area (Å²) in [6.07, 6.45) is 0. The number of rotatable bonds is 6. The molecule has 128 valence electrons. The molecule has 0 fully saturated rings. The van der Waals surface area contributed by atoms with Crippen LogP contribution in [0.5, 0.6) is 5.75 Å². The van der Waals surface area contributed by atoms with Crippen LogP contribution in [0.3, 0.4) is 0 Å². The van der Waals surface area contributed by atoms with Crippen LogP contribution in [0.25, 0.3) is 0 Å². The van der Waals surface area contributed by atoms with Gasteiger partial charge >= 0.3 is 0 Å². The van der Waals surface area contributed by atoms with E-state index in [0.717, 1.165) is 5.56 Å². The number of nitrogens with one attached hydrogen (secondary N) is 1. The molecule has 0 atom stereocenters. The summed E-state index contributed by atoms with van der Waals surface area (Å²) >= 11 is 0. The molecule has 0 saturated carbocycles. The Balaban J connectivity index is 2.45. The summed E-state index contributed by atoms with van der Waals surface area (Å²) in [4.78, 5) is 11.5. The fraction of sp³-hybridized carbons (Fsp3) is 0.278. The Hall–Kier alpha value is -2.34. The third-order valence-corrected chi connectivity index (χ3v) is 5.07. The lowest BCUT2D eigenvalue weighted by atomic mass is 10.0. The lowest BCUT2D eigenvalue weighted by Gasteiger charge is -2.14. The van der Waals surface area contributed by atoms with E-state index in [-0.39, 0.29) is 22.3 Å². The van der Waals surface area contributed by atoms with Crippen molar-refractivity contribution in [1.29, 1.82) is 0 Å². The quantitative estimate of drug-likeness (QED) is 0.806. The minimum absolute atomic E-state index is 0.0735. The van der Waals surface area contributed by atoms with Crippen molar-refractivity contribution in [2.24, 2.45) is 0 Å². The van der Waals surface area contributed by atoms with Gasteiger partial charge in [0.15, 0.2) is 5.78 Å². The highest BCUT2D eigenvalue weighted by Gasteiger charge is 2.21. The van der Waals surface area contributed by atoms with E-state index in [1.165, 1.54) is 20.1 Å². The molecule has 1 N–H and O–H groups in total. The van der Waals surface area contributed by atoms with Crippen LogP contribution < -0.4 is 9.46 Å². The van der Waals surface area contributed by atoms with Gasteiger partial charge in [0.1, 0.15) is 10.6 Å². The normalized spacial score (nSPS) is 11.4. The number of ether oxygens (including phenoxy) is 1.